The number of carbonyl (C=O) groups is 2. The third-order valence-electron chi connectivity index (χ3n) is 5.36. The quantitative estimate of drug-likeness (QED) is 0.612. The van der Waals surface area contributed by atoms with E-state index >= 15 is 0 Å². The molecular weight excluding hydrogens is 401 g/mol. The van der Waals surface area contributed by atoms with E-state index in [0.29, 0.717) is 0 Å². The highest BCUT2D eigenvalue weighted by molar-refractivity contribution is 5.82. The van der Waals surface area contributed by atoms with Crippen molar-refractivity contribution in [3.05, 3.63) is 89.2 Å². The van der Waals surface area contributed by atoms with Gasteiger partial charge in [-0.05, 0) is 40.5 Å². The van der Waals surface area contributed by atoms with Crippen molar-refractivity contribution in [2.75, 3.05) is 13.7 Å². The van der Waals surface area contributed by atoms with Crippen LogP contribution < -0.4 is 10.1 Å². The number of carboxylic acid groups (broad SMARTS) is 1. The lowest BCUT2D eigenvalue weighted by molar-refractivity contribution is -0.139. The third-order valence-corrected chi connectivity index (χ3v) is 5.36. The number of aliphatic carboxylic acids is 1. The van der Waals surface area contributed by atoms with E-state index in [1.54, 1.807) is 0 Å². The van der Waals surface area contributed by atoms with Gasteiger partial charge >= 0.3 is 12.1 Å². The van der Waals surface area contributed by atoms with E-state index in [4.69, 9.17) is 9.47 Å². The van der Waals surface area contributed by atoms with Crippen LogP contribution in [-0.2, 0) is 9.53 Å². The molecule has 3 aromatic carbocycles. The van der Waals surface area contributed by atoms with Gasteiger partial charge in [0.2, 0.25) is 0 Å². The number of carbonyl (C=O) groups excluding carboxylic acids is 1. The second-order valence-electron chi connectivity index (χ2n) is 7.13. The van der Waals surface area contributed by atoms with E-state index in [0.717, 1.165) is 34.4 Å². The minimum absolute atomic E-state index is 0.0106. The Bertz CT molecular complexity index is 1100. The number of hydrogen-bond donors (Lipinski definition) is 2. The fraction of sp³-hybridized carbons (Fsp3) is 0.167. The van der Waals surface area contributed by atoms with E-state index in [-0.39, 0.29) is 23.8 Å². The summed E-state index contributed by atoms with van der Waals surface area (Å²) < 4.78 is 24.2. The van der Waals surface area contributed by atoms with Gasteiger partial charge in [-0.25, -0.2) is 14.0 Å². The summed E-state index contributed by atoms with van der Waals surface area (Å²) in [5, 5.41) is 11.9. The number of fused-ring (bicyclic) bond motifs is 3. The van der Waals surface area contributed by atoms with E-state index in [1.165, 1.54) is 13.2 Å². The SMILES string of the molecule is COc1ccc(F)cc1[C@H](NC(=O)OCC1c2ccccc2-c2ccccc21)C(=O)O. The first-order valence-electron chi connectivity index (χ1n) is 9.67. The molecule has 2 N–H and O–H groups in total. The van der Waals surface area contributed by atoms with Gasteiger partial charge < -0.3 is 19.9 Å². The summed E-state index contributed by atoms with van der Waals surface area (Å²) in [7, 11) is 1.34. The number of alkyl carbamates (subject to hydrolysis) is 1. The molecule has 31 heavy (non-hydrogen) atoms. The Labute approximate surface area is 178 Å². The molecule has 1 aliphatic carbocycles. The summed E-state index contributed by atoms with van der Waals surface area (Å²) in [4.78, 5) is 24.2. The van der Waals surface area contributed by atoms with Gasteiger partial charge in [0.25, 0.3) is 0 Å². The maximum Gasteiger partial charge on any atom is 0.408 e. The molecule has 6 nitrogen and oxygen atoms in total. The lowest BCUT2D eigenvalue weighted by atomic mass is 9.98. The van der Waals surface area contributed by atoms with Crippen molar-refractivity contribution in [3.63, 3.8) is 0 Å². The number of halogens is 1. The molecule has 0 aliphatic heterocycles. The minimum Gasteiger partial charge on any atom is -0.496 e. The molecule has 0 fully saturated rings. The Hall–Kier alpha value is -3.87. The highest BCUT2D eigenvalue weighted by Crippen LogP contribution is 2.44. The lowest BCUT2D eigenvalue weighted by Crippen LogP contribution is -2.35. The smallest absolute Gasteiger partial charge is 0.408 e. The molecule has 1 aliphatic rings. The van der Waals surface area contributed by atoms with Gasteiger partial charge in [-0.1, -0.05) is 48.5 Å². The third kappa shape index (κ3) is 3.94. The van der Waals surface area contributed by atoms with Crippen LogP contribution in [0.25, 0.3) is 11.1 Å². The van der Waals surface area contributed by atoms with Crippen molar-refractivity contribution in [2.24, 2.45) is 0 Å². The Morgan fingerprint density at radius 1 is 1.03 bits per heavy atom. The summed E-state index contributed by atoms with van der Waals surface area (Å²) in [5.74, 6) is -2.02. The number of nitrogens with one attached hydrogen (secondary N) is 1. The number of benzene rings is 3. The largest absolute Gasteiger partial charge is 0.496 e. The Morgan fingerprint density at radius 2 is 1.65 bits per heavy atom. The van der Waals surface area contributed by atoms with Gasteiger partial charge in [0.15, 0.2) is 6.04 Å². The van der Waals surface area contributed by atoms with Crippen LogP contribution in [-0.4, -0.2) is 30.9 Å². The number of carboxylic acids is 1. The van der Waals surface area contributed by atoms with E-state index in [1.807, 2.05) is 48.5 Å². The van der Waals surface area contributed by atoms with Crippen LogP contribution in [0.1, 0.15) is 28.7 Å². The molecule has 7 heteroatoms. The van der Waals surface area contributed by atoms with E-state index in [2.05, 4.69) is 5.32 Å². The topological polar surface area (TPSA) is 84.9 Å². The Balaban J connectivity index is 1.52. The second-order valence-corrected chi connectivity index (χ2v) is 7.13. The molecule has 0 unspecified atom stereocenters. The number of amides is 1. The van der Waals surface area contributed by atoms with Crippen LogP contribution in [0.2, 0.25) is 0 Å². The van der Waals surface area contributed by atoms with Crippen LogP contribution in [0.15, 0.2) is 66.7 Å². The molecule has 0 saturated heterocycles. The molecule has 1 atom stereocenters. The van der Waals surface area contributed by atoms with Gasteiger partial charge in [0.05, 0.1) is 7.11 Å². The van der Waals surface area contributed by atoms with Crippen molar-refractivity contribution in [1.29, 1.82) is 0 Å². The molecule has 1 amide bonds. The van der Waals surface area contributed by atoms with Crippen molar-refractivity contribution in [2.45, 2.75) is 12.0 Å². The average Bonchev–Trinajstić information content (AvgIpc) is 3.09. The van der Waals surface area contributed by atoms with Crippen LogP contribution in [0.4, 0.5) is 9.18 Å². The number of rotatable bonds is 6. The zero-order chi connectivity index (χ0) is 22.0. The minimum atomic E-state index is -1.53. The highest BCUT2D eigenvalue weighted by Gasteiger charge is 2.31. The van der Waals surface area contributed by atoms with E-state index < -0.39 is 23.9 Å². The number of methoxy groups -OCH3 is 1. The normalized spacial score (nSPS) is 13.1. The number of ether oxygens (including phenoxy) is 2. The Kier molecular flexibility index (Phi) is 5.58. The number of hydrogen-bond acceptors (Lipinski definition) is 4. The molecule has 0 saturated carbocycles. The zero-order valence-electron chi connectivity index (χ0n) is 16.7. The van der Waals surface area contributed by atoms with Gasteiger partial charge in [-0.2, -0.15) is 0 Å². The summed E-state index contributed by atoms with van der Waals surface area (Å²) >= 11 is 0. The summed E-state index contributed by atoms with van der Waals surface area (Å²) in [6.07, 6.45) is -0.916. The first-order valence-corrected chi connectivity index (χ1v) is 9.67. The molecule has 0 aromatic heterocycles. The monoisotopic (exact) mass is 421 g/mol. The fourth-order valence-electron chi connectivity index (χ4n) is 3.96. The standard InChI is InChI=1S/C24H20FNO5/c1-30-21-11-10-14(25)12-19(21)22(23(27)28)26-24(29)31-13-20-17-8-4-2-6-15(17)16-7-3-5-9-18(16)20/h2-12,20,22H,13H2,1H3,(H,26,29)(H,27,28)/t22-/m0/s1. The van der Waals surface area contributed by atoms with Crippen LogP contribution >= 0.6 is 0 Å². The lowest BCUT2D eigenvalue weighted by Gasteiger charge is -2.19. The molecule has 0 radical (unpaired) electrons. The average molecular weight is 421 g/mol. The van der Waals surface area contributed by atoms with Crippen LogP contribution in [0, 0.1) is 5.82 Å². The van der Waals surface area contributed by atoms with Gasteiger partial charge in [-0.15, -0.1) is 0 Å². The predicted molar refractivity (Wildman–Crippen MR) is 112 cm³/mol. The molecule has 3 aromatic rings. The molecule has 4 rings (SSSR count). The van der Waals surface area contributed by atoms with Crippen LogP contribution in [0.5, 0.6) is 5.75 Å². The molecular formula is C24H20FNO5. The molecule has 0 heterocycles. The van der Waals surface area contributed by atoms with Crippen LogP contribution in [0.3, 0.4) is 0 Å². The maximum atomic E-state index is 13.7. The Morgan fingerprint density at radius 3 is 2.23 bits per heavy atom. The first-order chi connectivity index (χ1) is 15.0. The van der Waals surface area contributed by atoms with Crippen molar-refractivity contribution >= 4 is 12.1 Å². The van der Waals surface area contributed by atoms with E-state index in [9.17, 15) is 19.1 Å². The van der Waals surface area contributed by atoms with Gasteiger partial charge in [0, 0.05) is 11.5 Å². The summed E-state index contributed by atoms with van der Waals surface area (Å²) in [5.41, 5.74) is 4.24. The predicted octanol–water partition coefficient (Wildman–Crippen LogP) is 4.50. The first kappa shape index (κ1) is 20.4. The highest BCUT2D eigenvalue weighted by atomic mass is 19.1. The summed E-state index contributed by atoms with van der Waals surface area (Å²) in [6.45, 7) is 0.0342. The van der Waals surface area contributed by atoms with Gasteiger partial charge in [0.1, 0.15) is 18.2 Å². The molecule has 0 bridgehead atoms. The van der Waals surface area contributed by atoms with Gasteiger partial charge in [-0.3, -0.25) is 0 Å². The van der Waals surface area contributed by atoms with Crippen molar-refractivity contribution in [1.82, 2.24) is 5.32 Å². The molecule has 158 valence electrons. The molecule has 0 spiro atoms. The van der Waals surface area contributed by atoms with Crippen molar-refractivity contribution in [3.8, 4) is 16.9 Å². The zero-order valence-corrected chi connectivity index (χ0v) is 16.7. The van der Waals surface area contributed by atoms with Crippen molar-refractivity contribution < 1.29 is 28.6 Å². The maximum absolute atomic E-state index is 13.7. The second kappa shape index (κ2) is 8.47. The fourth-order valence-corrected chi connectivity index (χ4v) is 3.96. The summed E-state index contributed by atoms with van der Waals surface area (Å²) in [6, 6.07) is 17.7.